The molecule has 26 heavy (non-hydrogen) atoms. The highest BCUT2D eigenvalue weighted by molar-refractivity contribution is 7.99. The monoisotopic (exact) mass is 383 g/mol. The molecule has 0 bridgehead atoms. The van der Waals surface area contributed by atoms with Gasteiger partial charge < -0.3 is 9.47 Å². The zero-order valence-corrected chi connectivity index (χ0v) is 16.3. The van der Waals surface area contributed by atoms with Crippen LogP contribution in [0.1, 0.15) is 32.6 Å². The maximum Gasteiger partial charge on any atom is 0.265 e. The van der Waals surface area contributed by atoms with Gasteiger partial charge in [0.05, 0.1) is 5.69 Å². The topological polar surface area (TPSA) is 38.1 Å². The molecule has 1 atom stereocenters. The van der Waals surface area contributed by atoms with E-state index in [0.717, 1.165) is 41.0 Å². The zero-order valence-electron chi connectivity index (χ0n) is 14.7. The van der Waals surface area contributed by atoms with Crippen LogP contribution in [0.4, 0.5) is 0 Å². The van der Waals surface area contributed by atoms with Gasteiger partial charge in [0.15, 0.2) is 5.13 Å². The number of rotatable bonds is 3. The summed E-state index contributed by atoms with van der Waals surface area (Å²) in [5.41, 5.74) is 2.18. The zero-order chi connectivity index (χ0) is 17.9. The van der Waals surface area contributed by atoms with Gasteiger partial charge in [-0.2, -0.15) is 11.8 Å². The molecule has 1 saturated heterocycles. The molecule has 3 heterocycles. The summed E-state index contributed by atoms with van der Waals surface area (Å²) in [6.45, 7) is 3.51. The van der Waals surface area contributed by atoms with Crippen LogP contribution in [0.25, 0.3) is 5.13 Å². The summed E-state index contributed by atoms with van der Waals surface area (Å²) in [6, 6.07) is 14.5. The SMILES string of the molecule is Cc1nc(-n2cccc2)sc1C(=O)N1CCS[C@H](c2ccccc2)CC1. The van der Waals surface area contributed by atoms with Crippen LogP contribution in [0.15, 0.2) is 54.9 Å². The summed E-state index contributed by atoms with van der Waals surface area (Å²) < 4.78 is 1.96. The van der Waals surface area contributed by atoms with Crippen LogP contribution < -0.4 is 0 Å². The largest absolute Gasteiger partial charge is 0.337 e. The maximum absolute atomic E-state index is 13.1. The summed E-state index contributed by atoms with van der Waals surface area (Å²) in [5.74, 6) is 1.08. The summed E-state index contributed by atoms with van der Waals surface area (Å²) in [7, 11) is 0. The van der Waals surface area contributed by atoms with E-state index in [1.54, 1.807) is 0 Å². The van der Waals surface area contributed by atoms with Gasteiger partial charge in [0.1, 0.15) is 4.88 Å². The number of thiazole rings is 1. The first-order valence-electron chi connectivity index (χ1n) is 8.79. The summed E-state index contributed by atoms with van der Waals surface area (Å²) in [6.07, 6.45) is 4.90. The number of carbonyl (C=O) groups is 1. The Morgan fingerprint density at radius 2 is 1.88 bits per heavy atom. The van der Waals surface area contributed by atoms with E-state index in [2.05, 4.69) is 35.3 Å². The van der Waals surface area contributed by atoms with Gasteiger partial charge in [0.2, 0.25) is 0 Å². The minimum atomic E-state index is 0.118. The van der Waals surface area contributed by atoms with Gasteiger partial charge in [-0.1, -0.05) is 41.7 Å². The predicted molar refractivity (Wildman–Crippen MR) is 108 cm³/mol. The van der Waals surface area contributed by atoms with Crippen molar-refractivity contribution in [1.29, 1.82) is 0 Å². The minimum Gasteiger partial charge on any atom is -0.337 e. The third-order valence-corrected chi connectivity index (χ3v) is 7.09. The molecule has 3 aromatic rings. The Hall–Kier alpha value is -2.05. The van der Waals surface area contributed by atoms with Crippen molar-refractivity contribution in [3.05, 3.63) is 71.0 Å². The number of aryl methyl sites for hydroxylation is 1. The average molecular weight is 384 g/mol. The third kappa shape index (κ3) is 3.57. The highest BCUT2D eigenvalue weighted by Gasteiger charge is 2.25. The number of aromatic nitrogens is 2. The van der Waals surface area contributed by atoms with Crippen molar-refractivity contribution in [2.75, 3.05) is 18.8 Å². The average Bonchev–Trinajstić information content (AvgIpc) is 3.26. The van der Waals surface area contributed by atoms with E-state index in [1.807, 2.05) is 52.7 Å². The fourth-order valence-electron chi connectivity index (χ4n) is 3.20. The first-order valence-corrected chi connectivity index (χ1v) is 10.7. The van der Waals surface area contributed by atoms with Gasteiger partial charge in [0.25, 0.3) is 5.91 Å². The van der Waals surface area contributed by atoms with Crippen LogP contribution in [0.5, 0.6) is 0 Å². The molecule has 1 fully saturated rings. The lowest BCUT2D eigenvalue weighted by Gasteiger charge is -2.19. The van der Waals surface area contributed by atoms with E-state index in [0.29, 0.717) is 5.25 Å². The fourth-order valence-corrected chi connectivity index (χ4v) is 5.44. The van der Waals surface area contributed by atoms with Crippen molar-refractivity contribution in [3.8, 4) is 5.13 Å². The quantitative estimate of drug-likeness (QED) is 0.665. The van der Waals surface area contributed by atoms with Crippen LogP contribution in [-0.4, -0.2) is 39.2 Å². The van der Waals surface area contributed by atoms with E-state index < -0.39 is 0 Å². The molecule has 134 valence electrons. The van der Waals surface area contributed by atoms with E-state index in [1.165, 1.54) is 16.9 Å². The molecule has 4 nitrogen and oxygen atoms in total. The fraction of sp³-hybridized carbons (Fsp3) is 0.300. The number of amides is 1. The molecule has 1 aromatic carbocycles. The van der Waals surface area contributed by atoms with E-state index >= 15 is 0 Å². The number of hydrogen-bond donors (Lipinski definition) is 0. The summed E-state index contributed by atoms with van der Waals surface area (Å²) in [5, 5.41) is 1.31. The Bertz CT molecular complexity index is 874. The molecule has 1 amide bonds. The second-order valence-electron chi connectivity index (χ2n) is 6.35. The Kier molecular flexibility index (Phi) is 5.13. The van der Waals surface area contributed by atoms with Crippen molar-refractivity contribution in [2.24, 2.45) is 0 Å². The van der Waals surface area contributed by atoms with E-state index in [-0.39, 0.29) is 5.91 Å². The van der Waals surface area contributed by atoms with Crippen molar-refractivity contribution in [1.82, 2.24) is 14.5 Å². The number of benzene rings is 1. The van der Waals surface area contributed by atoms with Crippen molar-refractivity contribution < 1.29 is 4.79 Å². The van der Waals surface area contributed by atoms with Crippen LogP contribution in [0.3, 0.4) is 0 Å². The Balaban J connectivity index is 1.49. The molecule has 4 rings (SSSR count). The first kappa shape index (κ1) is 17.4. The summed E-state index contributed by atoms with van der Waals surface area (Å²) in [4.78, 5) is 20.4. The molecule has 0 N–H and O–H groups in total. The van der Waals surface area contributed by atoms with E-state index in [9.17, 15) is 4.79 Å². The maximum atomic E-state index is 13.1. The van der Waals surface area contributed by atoms with Crippen molar-refractivity contribution >= 4 is 29.0 Å². The number of nitrogens with zero attached hydrogens (tertiary/aromatic N) is 3. The van der Waals surface area contributed by atoms with Gasteiger partial charge >= 0.3 is 0 Å². The Labute approximate surface area is 161 Å². The molecule has 1 aliphatic heterocycles. The van der Waals surface area contributed by atoms with E-state index in [4.69, 9.17) is 0 Å². The molecule has 0 saturated carbocycles. The molecule has 6 heteroatoms. The highest BCUT2D eigenvalue weighted by Crippen LogP contribution is 2.35. The highest BCUT2D eigenvalue weighted by atomic mass is 32.2. The van der Waals surface area contributed by atoms with Gasteiger partial charge in [-0.3, -0.25) is 4.79 Å². The molecule has 0 radical (unpaired) electrons. The molecular weight excluding hydrogens is 362 g/mol. The number of hydrogen-bond acceptors (Lipinski definition) is 4. The van der Waals surface area contributed by atoms with Crippen LogP contribution in [0.2, 0.25) is 0 Å². The van der Waals surface area contributed by atoms with Crippen molar-refractivity contribution in [2.45, 2.75) is 18.6 Å². The molecule has 0 unspecified atom stereocenters. The van der Waals surface area contributed by atoms with Crippen LogP contribution >= 0.6 is 23.1 Å². The Morgan fingerprint density at radius 3 is 2.65 bits per heavy atom. The van der Waals surface area contributed by atoms with Crippen molar-refractivity contribution in [3.63, 3.8) is 0 Å². The standard InChI is InChI=1S/C20H21N3OS2/c1-15-18(26-20(21-15)23-10-5-6-11-23)19(24)22-12-9-17(25-14-13-22)16-7-3-2-4-8-16/h2-8,10-11,17H,9,12-14H2,1H3/t17-/m0/s1. The van der Waals surface area contributed by atoms with Crippen LogP contribution in [0, 0.1) is 6.92 Å². The van der Waals surface area contributed by atoms with Gasteiger partial charge in [-0.05, 0) is 31.0 Å². The minimum absolute atomic E-state index is 0.118. The Morgan fingerprint density at radius 1 is 1.12 bits per heavy atom. The first-order chi connectivity index (χ1) is 12.7. The lowest BCUT2D eigenvalue weighted by molar-refractivity contribution is 0.0770. The number of thioether (sulfide) groups is 1. The molecule has 0 spiro atoms. The molecule has 2 aromatic heterocycles. The van der Waals surface area contributed by atoms with Crippen LogP contribution in [-0.2, 0) is 0 Å². The molecular formula is C20H21N3OS2. The number of carbonyl (C=O) groups excluding carboxylic acids is 1. The lowest BCUT2D eigenvalue weighted by Crippen LogP contribution is -2.32. The van der Waals surface area contributed by atoms with Gasteiger partial charge in [-0.15, -0.1) is 0 Å². The summed E-state index contributed by atoms with van der Waals surface area (Å²) >= 11 is 3.43. The second-order valence-corrected chi connectivity index (χ2v) is 8.64. The predicted octanol–water partition coefficient (Wildman–Crippen LogP) is 4.56. The second kappa shape index (κ2) is 7.68. The molecule has 0 aliphatic carbocycles. The molecule has 1 aliphatic rings. The smallest absolute Gasteiger partial charge is 0.265 e. The third-order valence-electron chi connectivity index (χ3n) is 4.60. The normalized spacial score (nSPS) is 17.9. The van der Waals surface area contributed by atoms with Gasteiger partial charge in [-0.25, -0.2) is 4.98 Å². The lowest BCUT2D eigenvalue weighted by atomic mass is 10.1. The van der Waals surface area contributed by atoms with Gasteiger partial charge in [0, 0.05) is 36.5 Å².